The molecule has 0 aliphatic carbocycles. The number of aryl methyl sites for hydroxylation is 1. The summed E-state index contributed by atoms with van der Waals surface area (Å²) in [5.74, 6) is -4.26. The number of ketones is 2. The molecule has 2 aromatic carbocycles. The molecule has 0 amide bonds. The number of carboxylic acid groups (broad SMARTS) is 2. The van der Waals surface area contributed by atoms with E-state index in [0.29, 0.717) is 28.2 Å². The lowest BCUT2D eigenvalue weighted by Gasteiger charge is -2.13. The average Bonchev–Trinajstić information content (AvgIpc) is 3.59. The Balaban J connectivity index is 1.47. The predicted octanol–water partition coefficient (Wildman–Crippen LogP) is 6.87. The van der Waals surface area contributed by atoms with Gasteiger partial charge in [0, 0.05) is 33.7 Å². The summed E-state index contributed by atoms with van der Waals surface area (Å²) in [7, 11) is 2.94. The summed E-state index contributed by atoms with van der Waals surface area (Å²) in [5, 5.41) is 19.3. The van der Waals surface area contributed by atoms with Crippen LogP contribution in [0, 0.1) is 17.7 Å². The monoisotopic (exact) mass is 630 g/mol. The lowest BCUT2D eigenvalue weighted by Crippen LogP contribution is -2.13. The molecule has 4 aromatic rings. The number of aliphatic carboxylic acids is 2. The molecule has 0 spiro atoms. The number of halogens is 1. The Morgan fingerprint density at radius 3 is 1.95 bits per heavy atom. The molecule has 0 unspecified atom stereocenters. The van der Waals surface area contributed by atoms with Crippen molar-refractivity contribution in [3.63, 3.8) is 0 Å². The molecule has 9 nitrogen and oxygen atoms in total. The highest BCUT2D eigenvalue weighted by Crippen LogP contribution is 2.41. The summed E-state index contributed by atoms with van der Waals surface area (Å²) in [6, 6.07) is 8.54. The van der Waals surface area contributed by atoms with E-state index in [-0.39, 0.29) is 52.8 Å². The second-order valence-electron chi connectivity index (χ2n) is 10.2. The van der Waals surface area contributed by atoms with Gasteiger partial charge in [-0.2, -0.15) is 0 Å². The summed E-state index contributed by atoms with van der Waals surface area (Å²) in [6.07, 6.45) is 0.753. The predicted molar refractivity (Wildman–Crippen MR) is 162 cm³/mol. The van der Waals surface area contributed by atoms with Crippen LogP contribution >= 0.6 is 22.7 Å². The third-order valence-corrected chi connectivity index (χ3v) is 9.30. The molecule has 2 atom stereocenters. The molecule has 12 heteroatoms. The van der Waals surface area contributed by atoms with Crippen molar-refractivity contribution in [2.75, 3.05) is 20.8 Å². The fourth-order valence-electron chi connectivity index (χ4n) is 4.53. The van der Waals surface area contributed by atoms with Crippen molar-refractivity contribution in [3.05, 3.63) is 51.5 Å². The Kier molecular flexibility index (Phi) is 10.0. The zero-order chi connectivity index (χ0) is 31.4. The lowest BCUT2D eigenvalue weighted by atomic mass is 10.0. The van der Waals surface area contributed by atoms with E-state index in [1.807, 2.05) is 12.1 Å². The summed E-state index contributed by atoms with van der Waals surface area (Å²) in [5.41, 5.74) is 0.869. The number of carbonyl (C=O) groups excluding carboxylic acids is 2. The van der Waals surface area contributed by atoms with Crippen LogP contribution in [0.25, 0.3) is 20.2 Å². The molecule has 2 N–H and O–H groups in total. The normalized spacial score (nSPS) is 12.7. The molecular weight excluding hydrogens is 599 g/mol. The van der Waals surface area contributed by atoms with Crippen LogP contribution in [0.1, 0.15) is 58.0 Å². The molecule has 0 saturated carbocycles. The number of Topliss-reactive ketones (excluding diaryl/α,β-unsaturated/α-hetero) is 2. The molecule has 2 aromatic heterocycles. The van der Waals surface area contributed by atoms with E-state index in [1.54, 1.807) is 19.2 Å². The summed E-state index contributed by atoms with van der Waals surface area (Å²) < 4.78 is 33.6. The van der Waals surface area contributed by atoms with Gasteiger partial charge >= 0.3 is 11.9 Å². The Hall–Kier alpha value is -4.03. The number of fused-ring (bicyclic) bond motifs is 2. The van der Waals surface area contributed by atoms with Crippen molar-refractivity contribution in [3.8, 4) is 17.2 Å². The number of rotatable bonds is 15. The van der Waals surface area contributed by atoms with Gasteiger partial charge in [0.1, 0.15) is 5.75 Å². The van der Waals surface area contributed by atoms with Gasteiger partial charge in [0.25, 0.3) is 0 Å². The smallest absolute Gasteiger partial charge is 0.306 e. The Morgan fingerprint density at radius 1 is 0.814 bits per heavy atom. The van der Waals surface area contributed by atoms with Gasteiger partial charge in [0.05, 0.1) is 42.4 Å². The van der Waals surface area contributed by atoms with Crippen molar-refractivity contribution >= 4 is 66.4 Å². The molecule has 228 valence electrons. The quantitative estimate of drug-likeness (QED) is 0.106. The molecule has 0 fully saturated rings. The number of hydrogen-bond acceptors (Lipinski definition) is 9. The van der Waals surface area contributed by atoms with Gasteiger partial charge in [-0.15, -0.1) is 22.7 Å². The minimum atomic E-state index is -1.08. The van der Waals surface area contributed by atoms with Gasteiger partial charge in [-0.25, -0.2) is 4.39 Å². The van der Waals surface area contributed by atoms with Gasteiger partial charge in [-0.05, 0) is 48.1 Å². The highest BCUT2D eigenvalue weighted by Gasteiger charge is 2.23. The van der Waals surface area contributed by atoms with E-state index in [2.05, 4.69) is 0 Å². The topological polar surface area (TPSA) is 136 Å². The lowest BCUT2D eigenvalue weighted by molar-refractivity contribution is -0.141. The maximum Gasteiger partial charge on any atom is 0.306 e. The largest absolute Gasteiger partial charge is 0.496 e. The number of methoxy groups -OCH3 is 2. The van der Waals surface area contributed by atoms with Gasteiger partial charge in [0.15, 0.2) is 28.9 Å². The third-order valence-electron chi connectivity index (χ3n) is 7.03. The van der Waals surface area contributed by atoms with E-state index in [1.165, 1.54) is 38.4 Å². The van der Waals surface area contributed by atoms with Crippen LogP contribution in [-0.2, 0) is 16.0 Å². The summed E-state index contributed by atoms with van der Waals surface area (Å²) >= 11 is 2.36. The third kappa shape index (κ3) is 7.14. The summed E-state index contributed by atoms with van der Waals surface area (Å²) in [4.78, 5) is 48.2. The maximum absolute atomic E-state index is 15.5. The Labute approximate surface area is 254 Å². The first kappa shape index (κ1) is 31.9. The van der Waals surface area contributed by atoms with Crippen LogP contribution in [0.15, 0.2) is 30.3 Å². The van der Waals surface area contributed by atoms with Gasteiger partial charge in [0.2, 0.25) is 0 Å². The Bertz CT molecular complexity index is 1700. The number of thiophene rings is 2. The van der Waals surface area contributed by atoms with E-state index >= 15 is 4.39 Å². The number of ether oxygens (including phenoxy) is 3. The van der Waals surface area contributed by atoms with Crippen molar-refractivity contribution < 1.29 is 48.0 Å². The fourth-order valence-corrected chi connectivity index (χ4v) is 6.59. The molecule has 43 heavy (non-hydrogen) atoms. The molecule has 0 radical (unpaired) electrons. The first-order chi connectivity index (χ1) is 20.4. The molecular formula is C31H31FO9S2. The van der Waals surface area contributed by atoms with E-state index < -0.39 is 29.6 Å². The van der Waals surface area contributed by atoms with Crippen LogP contribution in [0.4, 0.5) is 4.39 Å². The number of carbonyl (C=O) groups is 4. The SMILES string of the molecule is COc1cc2sc(C(=O)C[C@@H](C)C(=O)O)cc2cc1CCCOc1c(OC)cc2sc(C(=O)C[C@@H](C)C(=O)O)cc2c1F. The highest BCUT2D eigenvalue weighted by molar-refractivity contribution is 7.21. The van der Waals surface area contributed by atoms with Crippen molar-refractivity contribution in [1.82, 2.24) is 0 Å². The van der Waals surface area contributed by atoms with Crippen molar-refractivity contribution in [2.24, 2.45) is 11.8 Å². The highest BCUT2D eigenvalue weighted by atomic mass is 32.1. The van der Waals surface area contributed by atoms with Crippen molar-refractivity contribution in [1.29, 1.82) is 0 Å². The first-order valence-corrected chi connectivity index (χ1v) is 15.1. The minimum Gasteiger partial charge on any atom is -0.496 e. The minimum absolute atomic E-state index is 0.0790. The standard InChI is InChI=1S/C31H31FO9S2/c1-15(30(35)36)8-20(33)26-11-18-10-17(22(39-3)13-24(18)42-26)6-5-7-41-29-23(40-4)14-25-19(28(29)32)12-27(43-25)21(34)9-16(2)31(37)38/h10-16H,5-9H2,1-4H3,(H,35,36)(H,37,38)/t15-,16-/m1/s1. The number of benzene rings is 2. The van der Waals surface area contributed by atoms with Crippen LogP contribution < -0.4 is 14.2 Å². The van der Waals surface area contributed by atoms with Crippen LogP contribution in [0.3, 0.4) is 0 Å². The van der Waals surface area contributed by atoms with Gasteiger partial charge in [-0.3, -0.25) is 19.2 Å². The molecule has 0 aliphatic heterocycles. The van der Waals surface area contributed by atoms with E-state index in [9.17, 15) is 19.2 Å². The number of carboxylic acids is 2. The summed E-state index contributed by atoms with van der Waals surface area (Å²) in [6.45, 7) is 3.09. The van der Waals surface area contributed by atoms with Crippen LogP contribution in [0.2, 0.25) is 0 Å². The molecule has 4 rings (SSSR count). The molecule has 2 heterocycles. The zero-order valence-corrected chi connectivity index (χ0v) is 25.7. The van der Waals surface area contributed by atoms with E-state index in [0.717, 1.165) is 27.0 Å². The van der Waals surface area contributed by atoms with Crippen LogP contribution in [0.5, 0.6) is 17.2 Å². The fraction of sp³-hybridized carbons (Fsp3) is 0.355. The average molecular weight is 631 g/mol. The molecule has 0 saturated heterocycles. The number of hydrogen-bond donors (Lipinski definition) is 2. The first-order valence-electron chi connectivity index (χ1n) is 13.5. The second-order valence-corrected chi connectivity index (χ2v) is 12.4. The van der Waals surface area contributed by atoms with Crippen LogP contribution in [-0.4, -0.2) is 54.5 Å². The molecule has 0 aliphatic rings. The zero-order valence-electron chi connectivity index (χ0n) is 24.0. The van der Waals surface area contributed by atoms with E-state index in [4.69, 9.17) is 24.4 Å². The van der Waals surface area contributed by atoms with Gasteiger partial charge < -0.3 is 24.4 Å². The maximum atomic E-state index is 15.5. The molecule has 0 bridgehead atoms. The second kappa shape index (κ2) is 13.5. The van der Waals surface area contributed by atoms with Crippen molar-refractivity contribution in [2.45, 2.75) is 39.5 Å². The Morgan fingerprint density at radius 2 is 1.37 bits per heavy atom. The van der Waals surface area contributed by atoms with Gasteiger partial charge in [-0.1, -0.05) is 13.8 Å².